The maximum Gasteiger partial charge on any atom is 0.489 e. The predicted molar refractivity (Wildman–Crippen MR) is 69.9 cm³/mol. The van der Waals surface area contributed by atoms with Crippen molar-refractivity contribution < 1.29 is 9.13 Å². The summed E-state index contributed by atoms with van der Waals surface area (Å²) in [5, 5.41) is 0. The van der Waals surface area contributed by atoms with E-state index in [9.17, 15) is 0 Å². The summed E-state index contributed by atoms with van der Waals surface area (Å²) in [6, 6.07) is 12.5. The van der Waals surface area contributed by atoms with Gasteiger partial charge in [-0.15, -0.1) is 9.13 Å². The van der Waals surface area contributed by atoms with Crippen molar-refractivity contribution >= 4 is 0 Å². The molecule has 0 amide bonds. The van der Waals surface area contributed by atoms with Crippen LogP contribution in [0.2, 0.25) is 0 Å². The van der Waals surface area contributed by atoms with Crippen LogP contribution >= 0.6 is 0 Å². The summed E-state index contributed by atoms with van der Waals surface area (Å²) in [6.45, 7) is 0.823. The van der Waals surface area contributed by atoms with Crippen LogP contribution in [0.5, 0.6) is 0 Å². The number of hydrogen-bond donors (Lipinski definition) is 0. The molecule has 4 rings (SSSR count). The van der Waals surface area contributed by atoms with Gasteiger partial charge in [0.15, 0.2) is 12.4 Å². The Kier molecular flexibility index (Phi) is 2.06. The molecule has 0 unspecified atom stereocenters. The Labute approximate surface area is 111 Å². The van der Waals surface area contributed by atoms with Crippen molar-refractivity contribution in [3.8, 4) is 22.9 Å². The van der Waals surface area contributed by atoms with Crippen LogP contribution in [0.4, 0.5) is 0 Å². The van der Waals surface area contributed by atoms with Crippen molar-refractivity contribution in [2.45, 2.75) is 6.67 Å². The van der Waals surface area contributed by atoms with Gasteiger partial charge in [-0.1, -0.05) is 30.3 Å². The summed E-state index contributed by atoms with van der Waals surface area (Å²) < 4.78 is 6.58. The molecule has 0 aliphatic carbocycles. The highest BCUT2D eigenvalue weighted by molar-refractivity contribution is 5.62. The van der Waals surface area contributed by atoms with E-state index in [2.05, 4.69) is 68.5 Å². The third-order valence-electron chi connectivity index (χ3n) is 3.60. The average Bonchev–Trinajstić information content (AvgIpc) is 2.98. The molecular weight excluding hydrogens is 236 g/mol. The largest absolute Gasteiger partial charge is 0.489 e. The fourth-order valence-electron chi connectivity index (χ4n) is 2.70. The first kappa shape index (κ1) is 10.4. The van der Waals surface area contributed by atoms with Gasteiger partial charge in [0.25, 0.3) is 5.82 Å². The topological polar surface area (TPSA) is 25.6 Å². The van der Waals surface area contributed by atoms with E-state index in [4.69, 9.17) is 0 Å². The van der Waals surface area contributed by atoms with Gasteiger partial charge in [0, 0.05) is 0 Å². The van der Waals surface area contributed by atoms with Gasteiger partial charge in [0.05, 0.1) is 18.0 Å². The zero-order chi connectivity index (χ0) is 12.8. The van der Waals surface area contributed by atoms with Crippen LogP contribution in [0, 0.1) is 0 Å². The number of fused-ring (bicyclic) bond motifs is 3. The SMILES string of the molecule is C[n+]1ccc[n+]2c1-c1ncc(-c3ccccc3)n1C2. The summed E-state index contributed by atoms with van der Waals surface area (Å²) in [5.74, 6) is 2.17. The van der Waals surface area contributed by atoms with E-state index in [1.165, 1.54) is 11.3 Å². The maximum absolute atomic E-state index is 4.60. The van der Waals surface area contributed by atoms with E-state index in [1.807, 2.05) is 12.3 Å². The minimum absolute atomic E-state index is 0.823. The lowest BCUT2D eigenvalue weighted by atomic mass is 10.2. The zero-order valence-electron chi connectivity index (χ0n) is 10.7. The van der Waals surface area contributed by atoms with Gasteiger partial charge in [0.1, 0.15) is 7.05 Å². The van der Waals surface area contributed by atoms with Crippen LogP contribution in [0.3, 0.4) is 0 Å². The number of imidazole rings is 1. The average molecular weight is 250 g/mol. The fourth-order valence-corrected chi connectivity index (χ4v) is 2.70. The first-order valence-corrected chi connectivity index (χ1v) is 6.34. The van der Waals surface area contributed by atoms with Gasteiger partial charge in [-0.3, -0.25) is 4.57 Å². The highest BCUT2D eigenvalue weighted by Crippen LogP contribution is 2.25. The second-order valence-electron chi connectivity index (χ2n) is 4.80. The first-order valence-electron chi connectivity index (χ1n) is 6.34. The smallest absolute Gasteiger partial charge is 0.256 e. The van der Waals surface area contributed by atoms with Gasteiger partial charge in [-0.2, -0.15) is 0 Å². The quantitative estimate of drug-likeness (QED) is 0.465. The number of hydrogen-bond acceptors (Lipinski definition) is 1. The first-order chi connectivity index (χ1) is 9.34. The summed E-state index contributed by atoms with van der Waals surface area (Å²) in [6.07, 6.45) is 6.11. The molecule has 0 saturated heterocycles. The molecule has 19 heavy (non-hydrogen) atoms. The standard InChI is InChI=1S/C15H14N4/c1-17-8-5-9-18-11-19-13(10-16-14(19)15(17)18)12-6-3-2-4-7-12/h2-10H,11H2,1H3/q+2. The zero-order valence-corrected chi connectivity index (χ0v) is 10.7. The Bertz CT molecular complexity index is 759. The van der Waals surface area contributed by atoms with Crippen molar-refractivity contribution in [1.29, 1.82) is 0 Å². The lowest BCUT2D eigenvalue weighted by Gasteiger charge is -2.00. The number of benzene rings is 1. The van der Waals surface area contributed by atoms with Crippen LogP contribution in [0.15, 0.2) is 55.0 Å². The molecule has 92 valence electrons. The van der Waals surface area contributed by atoms with Gasteiger partial charge in [0.2, 0.25) is 6.67 Å². The molecule has 0 N–H and O–H groups in total. The lowest BCUT2D eigenvalue weighted by Crippen LogP contribution is -2.45. The second kappa shape index (κ2) is 3.75. The number of nitrogens with zero attached hydrogens (tertiary/aromatic N) is 4. The minimum atomic E-state index is 0.823. The van der Waals surface area contributed by atoms with Crippen LogP contribution in [-0.4, -0.2) is 9.55 Å². The van der Waals surface area contributed by atoms with E-state index >= 15 is 0 Å². The Balaban J connectivity index is 1.93. The number of rotatable bonds is 1. The van der Waals surface area contributed by atoms with Crippen molar-refractivity contribution in [3.05, 3.63) is 55.0 Å². The molecule has 1 aliphatic heterocycles. The van der Waals surface area contributed by atoms with Gasteiger partial charge >= 0.3 is 5.82 Å². The van der Waals surface area contributed by atoms with E-state index in [1.54, 1.807) is 0 Å². The molecule has 3 aromatic rings. The summed E-state index contributed by atoms with van der Waals surface area (Å²) in [4.78, 5) is 4.60. The van der Waals surface area contributed by atoms with Crippen LogP contribution in [0.25, 0.3) is 22.9 Å². The minimum Gasteiger partial charge on any atom is -0.256 e. The number of aromatic nitrogens is 4. The third kappa shape index (κ3) is 1.43. The molecule has 0 radical (unpaired) electrons. The molecule has 0 spiro atoms. The molecular formula is C15H14N4+2. The molecule has 1 aliphatic rings. The maximum atomic E-state index is 4.60. The van der Waals surface area contributed by atoms with E-state index in [0.29, 0.717) is 0 Å². The monoisotopic (exact) mass is 250 g/mol. The molecule has 4 nitrogen and oxygen atoms in total. The van der Waals surface area contributed by atoms with Crippen LogP contribution < -0.4 is 9.13 Å². The molecule has 4 heteroatoms. The highest BCUT2D eigenvalue weighted by atomic mass is 15.3. The second-order valence-corrected chi connectivity index (χ2v) is 4.80. The normalized spacial score (nSPS) is 12.3. The lowest BCUT2D eigenvalue weighted by molar-refractivity contribution is -0.793. The molecule has 1 aromatic carbocycles. The van der Waals surface area contributed by atoms with Gasteiger partial charge in [-0.25, -0.2) is 4.98 Å². The Morgan fingerprint density at radius 3 is 2.79 bits per heavy atom. The van der Waals surface area contributed by atoms with Crippen molar-refractivity contribution in [1.82, 2.24) is 9.55 Å². The molecule has 2 aromatic heterocycles. The Morgan fingerprint density at radius 1 is 1.11 bits per heavy atom. The molecule has 3 heterocycles. The summed E-state index contributed by atoms with van der Waals surface area (Å²) >= 11 is 0. The van der Waals surface area contributed by atoms with E-state index in [0.717, 1.165) is 18.3 Å². The van der Waals surface area contributed by atoms with Gasteiger partial charge < -0.3 is 0 Å². The highest BCUT2D eigenvalue weighted by Gasteiger charge is 2.37. The molecule has 0 bridgehead atoms. The number of aryl methyl sites for hydroxylation is 1. The summed E-state index contributed by atoms with van der Waals surface area (Å²) in [5.41, 5.74) is 2.37. The Hall–Kier alpha value is -2.49. The Morgan fingerprint density at radius 2 is 1.95 bits per heavy atom. The van der Waals surface area contributed by atoms with Crippen molar-refractivity contribution in [2.24, 2.45) is 7.05 Å². The van der Waals surface area contributed by atoms with E-state index < -0.39 is 0 Å². The van der Waals surface area contributed by atoms with Crippen LogP contribution in [0.1, 0.15) is 0 Å². The summed E-state index contributed by atoms with van der Waals surface area (Å²) in [7, 11) is 2.05. The molecule has 0 fully saturated rings. The van der Waals surface area contributed by atoms with E-state index in [-0.39, 0.29) is 0 Å². The molecule has 0 atom stereocenters. The van der Waals surface area contributed by atoms with Crippen LogP contribution in [-0.2, 0) is 13.7 Å². The van der Waals surface area contributed by atoms with Crippen molar-refractivity contribution in [3.63, 3.8) is 0 Å². The van der Waals surface area contributed by atoms with Gasteiger partial charge in [-0.05, 0) is 5.56 Å². The predicted octanol–water partition coefficient (Wildman–Crippen LogP) is 1.15. The van der Waals surface area contributed by atoms with Crippen molar-refractivity contribution in [2.75, 3.05) is 0 Å². The third-order valence-corrected chi connectivity index (χ3v) is 3.60. The molecule has 0 saturated carbocycles. The fraction of sp³-hybridized carbons (Fsp3) is 0.133.